The third-order valence-corrected chi connectivity index (χ3v) is 2.76. The van der Waals surface area contributed by atoms with E-state index in [1.807, 2.05) is 0 Å². The van der Waals surface area contributed by atoms with Crippen LogP contribution >= 0.6 is 0 Å². The average Bonchev–Trinajstić information content (AvgIpc) is 2.20. The minimum atomic E-state index is -0.167. The molecular formula is C11H25NO2. The van der Waals surface area contributed by atoms with Crippen molar-refractivity contribution >= 4 is 0 Å². The van der Waals surface area contributed by atoms with Gasteiger partial charge in [-0.05, 0) is 18.8 Å². The van der Waals surface area contributed by atoms with E-state index in [0.29, 0.717) is 12.0 Å². The van der Waals surface area contributed by atoms with Gasteiger partial charge in [-0.2, -0.15) is 0 Å². The smallest absolute Gasteiger partial charge is 0.0607 e. The second-order valence-electron chi connectivity index (χ2n) is 4.01. The molecule has 2 atom stereocenters. The topological polar surface area (TPSA) is 52.5 Å². The number of nitrogens with one attached hydrogen (secondary N) is 1. The highest BCUT2D eigenvalue weighted by atomic mass is 16.3. The summed E-state index contributed by atoms with van der Waals surface area (Å²) >= 11 is 0. The zero-order valence-corrected chi connectivity index (χ0v) is 9.66. The van der Waals surface area contributed by atoms with Crippen LogP contribution in [0.4, 0.5) is 0 Å². The van der Waals surface area contributed by atoms with Gasteiger partial charge >= 0.3 is 0 Å². The lowest BCUT2D eigenvalue weighted by Gasteiger charge is -2.27. The Hall–Kier alpha value is -0.120. The van der Waals surface area contributed by atoms with E-state index in [0.717, 1.165) is 6.42 Å². The van der Waals surface area contributed by atoms with Gasteiger partial charge in [0.05, 0.1) is 19.3 Å². The molecular weight excluding hydrogens is 178 g/mol. The first-order valence-electron chi connectivity index (χ1n) is 5.67. The van der Waals surface area contributed by atoms with Gasteiger partial charge in [0, 0.05) is 6.04 Å². The predicted molar refractivity (Wildman–Crippen MR) is 59.2 cm³/mol. The molecule has 0 heterocycles. The van der Waals surface area contributed by atoms with E-state index in [1.54, 1.807) is 0 Å². The maximum atomic E-state index is 8.96. The Labute approximate surface area is 87.5 Å². The van der Waals surface area contributed by atoms with E-state index < -0.39 is 0 Å². The molecule has 0 aliphatic rings. The molecule has 3 heteroatoms. The zero-order chi connectivity index (χ0) is 11.0. The van der Waals surface area contributed by atoms with Crippen molar-refractivity contribution in [2.75, 3.05) is 13.2 Å². The Morgan fingerprint density at radius 1 is 1.14 bits per heavy atom. The number of aliphatic hydroxyl groups excluding tert-OH is 2. The highest BCUT2D eigenvalue weighted by molar-refractivity contribution is 4.76. The van der Waals surface area contributed by atoms with Gasteiger partial charge in [-0.15, -0.1) is 0 Å². The normalized spacial score (nSPS) is 15.9. The number of rotatable bonds is 8. The largest absolute Gasteiger partial charge is 0.395 e. The Kier molecular flexibility index (Phi) is 8.14. The van der Waals surface area contributed by atoms with Crippen LogP contribution in [0.15, 0.2) is 0 Å². The monoisotopic (exact) mass is 203 g/mol. The molecule has 3 N–H and O–H groups in total. The molecule has 3 nitrogen and oxygen atoms in total. The van der Waals surface area contributed by atoms with E-state index in [1.165, 1.54) is 12.8 Å². The number of hydrogen-bond donors (Lipinski definition) is 3. The summed E-state index contributed by atoms with van der Waals surface area (Å²) in [7, 11) is 0. The lowest BCUT2D eigenvalue weighted by Crippen LogP contribution is -2.45. The van der Waals surface area contributed by atoms with E-state index in [9.17, 15) is 0 Å². The maximum Gasteiger partial charge on any atom is 0.0607 e. The van der Waals surface area contributed by atoms with Crippen molar-refractivity contribution in [2.24, 2.45) is 5.92 Å². The van der Waals surface area contributed by atoms with Crippen molar-refractivity contribution in [3.63, 3.8) is 0 Å². The first-order valence-corrected chi connectivity index (χ1v) is 5.67. The Bertz CT molecular complexity index is 126. The second kappa shape index (κ2) is 8.21. The fourth-order valence-electron chi connectivity index (χ4n) is 1.81. The zero-order valence-electron chi connectivity index (χ0n) is 9.66. The van der Waals surface area contributed by atoms with Crippen LogP contribution in [0, 0.1) is 5.92 Å². The Morgan fingerprint density at radius 3 is 2.07 bits per heavy atom. The predicted octanol–water partition coefficient (Wildman–Crippen LogP) is 1.14. The SMILES string of the molecule is CCCC(C)C(CC)NC(CO)CO. The highest BCUT2D eigenvalue weighted by Crippen LogP contribution is 2.13. The van der Waals surface area contributed by atoms with Gasteiger partial charge in [-0.3, -0.25) is 0 Å². The van der Waals surface area contributed by atoms with E-state index in [2.05, 4.69) is 26.1 Å². The fraction of sp³-hybridized carbons (Fsp3) is 1.00. The molecule has 86 valence electrons. The van der Waals surface area contributed by atoms with Gasteiger partial charge in [-0.25, -0.2) is 0 Å². The summed E-state index contributed by atoms with van der Waals surface area (Å²) < 4.78 is 0. The molecule has 0 aromatic rings. The summed E-state index contributed by atoms with van der Waals surface area (Å²) in [6.45, 7) is 6.54. The minimum Gasteiger partial charge on any atom is -0.395 e. The molecule has 0 aromatic carbocycles. The average molecular weight is 203 g/mol. The van der Waals surface area contributed by atoms with Gasteiger partial charge in [-0.1, -0.05) is 27.2 Å². The van der Waals surface area contributed by atoms with E-state index >= 15 is 0 Å². The minimum absolute atomic E-state index is 0.00580. The van der Waals surface area contributed by atoms with Crippen LogP contribution in [0.25, 0.3) is 0 Å². The first-order chi connectivity index (χ1) is 6.69. The third-order valence-electron chi connectivity index (χ3n) is 2.76. The molecule has 0 amide bonds. The summed E-state index contributed by atoms with van der Waals surface area (Å²) in [5.41, 5.74) is 0. The molecule has 0 spiro atoms. The quantitative estimate of drug-likeness (QED) is 0.554. The Balaban J connectivity index is 3.98. The van der Waals surface area contributed by atoms with Crippen molar-refractivity contribution in [1.82, 2.24) is 5.32 Å². The van der Waals surface area contributed by atoms with Crippen LogP contribution < -0.4 is 5.32 Å². The Morgan fingerprint density at radius 2 is 1.71 bits per heavy atom. The van der Waals surface area contributed by atoms with Gasteiger partial charge < -0.3 is 15.5 Å². The maximum absolute atomic E-state index is 8.96. The van der Waals surface area contributed by atoms with Crippen LogP contribution in [0.3, 0.4) is 0 Å². The summed E-state index contributed by atoms with van der Waals surface area (Å²) in [5, 5.41) is 21.2. The lowest BCUT2D eigenvalue weighted by atomic mass is 9.94. The van der Waals surface area contributed by atoms with Crippen LogP contribution in [0.1, 0.15) is 40.0 Å². The van der Waals surface area contributed by atoms with Gasteiger partial charge in [0.2, 0.25) is 0 Å². The van der Waals surface area contributed by atoms with Gasteiger partial charge in [0.15, 0.2) is 0 Å². The van der Waals surface area contributed by atoms with Gasteiger partial charge in [0.25, 0.3) is 0 Å². The van der Waals surface area contributed by atoms with Gasteiger partial charge in [0.1, 0.15) is 0 Å². The number of aliphatic hydroxyl groups is 2. The summed E-state index contributed by atoms with van der Waals surface area (Å²) in [6.07, 6.45) is 3.41. The van der Waals surface area contributed by atoms with Crippen molar-refractivity contribution in [3.05, 3.63) is 0 Å². The fourth-order valence-corrected chi connectivity index (χ4v) is 1.81. The molecule has 14 heavy (non-hydrogen) atoms. The standard InChI is InChI=1S/C11H25NO2/c1-4-6-9(3)11(5-2)12-10(7-13)8-14/h9-14H,4-8H2,1-3H3. The molecule has 0 saturated heterocycles. The highest BCUT2D eigenvalue weighted by Gasteiger charge is 2.17. The molecule has 2 unspecified atom stereocenters. The summed E-state index contributed by atoms with van der Waals surface area (Å²) in [6, 6.07) is 0.235. The van der Waals surface area contributed by atoms with Crippen LogP contribution in [-0.2, 0) is 0 Å². The second-order valence-corrected chi connectivity index (χ2v) is 4.01. The van der Waals surface area contributed by atoms with E-state index in [-0.39, 0.29) is 19.3 Å². The van der Waals surface area contributed by atoms with Crippen LogP contribution in [-0.4, -0.2) is 35.5 Å². The molecule has 0 saturated carbocycles. The molecule has 0 aromatic heterocycles. The molecule has 0 bridgehead atoms. The third kappa shape index (κ3) is 4.94. The molecule has 0 aliphatic heterocycles. The van der Waals surface area contributed by atoms with Crippen molar-refractivity contribution in [2.45, 2.75) is 52.1 Å². The summed E-state index contributed by atoms with van der Waals surface area (Å²) in [4.78, 5) is 0. The van der Waals surface area contributed by atoms with Crippen LogP contribution in [0.5, 0.6) is 0 Å². The molecule has 0 radical (unpaired) electrons. The van der Waals surface area contributed by atoms with Crippen molar-refractivity contribution in [1.29, 1.82) is 0 Å². The van der Waals surface area contributed by atoms with Crippen molar-refractivity contribution in [3.8, 4) is 0 Å². The lowest BCUT2D eigenvalue weighted by molar-refractivity contribution is 0.150. The molecule has 0 aliphatic carbocycles. The molecule has 0 rings (SSSR count). The van der Waals surface area contributed by atoms with E-state index in [4.69, 9.17) is 10.2 Å². The summed E-state index contributed by atoms with van der Waals surface area (Å²) in [5.74, 6) is 0.602. The van der Waals surface area contributed by atoms with Crippen molar-refractivity contribution < 1.29 is 10.2 Å². The van der Waals surface area contributed by atoms with Crippen LogP contribution in [0.2, 0.25) is 0 Å². The number of hydrogen-bond acceptors (Lipinski definition) is 3. The molecule has 0 fully saturated rings. The first kappa shape index (κ1) is 13.9.